The minimum atomic E-state index is 0.0188. The van der Waals surface area contributed by atoms with Crippen molar-refractivity contribution in [1.82, 2.24) is 4.98 Å². The Labute approximate surface area is 119 Å². The molecule has 2 rings (SSSR count). The number of pyridine rings is 1. The summed E-state index contributed by atoms with van der Waals surface area (Å²) in [6.45, 7) is 4.62. The summed E-state index contributed by atoms with van der Waals surface area (Å²) in [6, 6.07) is 9.71. The standard InChI is InChI=1S/C16H19N3O/c1-3-16(20)19-15-6-4-5-14(9-15)18-11-13-10-17-8-7-12(13)2/h4-10,18H,3,11H2,1-2H3,(H,19,20). The molecule has 0 aliphatic heterocycles. The maximum absolute atomic E-state index is 11.4. The molecule has 0 atom stereocenters. The monoisotopic (exact) mass is 269 g/mol. The maximum Gasteiger partial charge on any atom is 0.224 e. The molecule has 0 radical (unpaired) electrons. The van der Waals surface area contributed by atoms with Crippen LogP contribution in [0.15, 0.2) is 42.7 Å². The van der Waals surface area contributed by atoms with Gasteiger partial charge in [0.15, 0.2) is 0 Å². The molecule has 2 N–H and O–H groups in total. The minimum absolute atomic E-state index is 0.0188. The van der Waals surface area contributed by atoms with Crippen LogP contribution in [-0.2, 0) is 11.3 Å². The van der Waals surface area contributed by atoms with Gasteiger partial charge < -0.3 is 10.6 Å². The Morgan fingerprint density at radius 3 is 2.80 bits per heavy atom. The van der Waals surface area contributed by atoms with Crippen molar-refractivity contribution in [2.45, 2.75) is 26.8 Å². The van der Waals surface area contributed by atoms with Gasteiger partial charge in [-0.3, -0.25) is 9.78 Å². The topological polar surface area (TPSA) is 54.0 Å². The molecule has 0 unspecified atom stereocenters. The molecule has 1 heterocycles. The van der Waals surface area contributed by atoms with Gasteiger partial charge >= 0.3 is 0 Å². The van der Waals surface area contributed by atoms with E-state index in [0.717, 1.165) is 16.9 Å². The second-order valence-corrected chi connectivity index (χ2v) is 4.64. The van der Waals surface area contributed by atoms with Crippen molar-refractivity contribution in [1.29, 1.82) is 0 Å². The Kier molecular flexibility index (Phi) is 4.71. The largest absolute Gasteiger partial charge is 0.381 e. The number of hydrogen-bond donors (Lipinski definition) is 2. The van der Waals surface area contributed by atoms with Gasteiger partial charge in [-0.2, -0.15) is 0 Å². The van der Waals surface area contributed by atoms with E-state index in [1.165, 1.54) is 5.56 Å². The molecule has 20 heavy (non-hydrogen) atoms. The fraction of sp³-hybridized carbons (Fsp3) is 0.250. The van der Waals surface area contributed by atoms with Gasteiger partial charge in [0.25, 0.3) is 0 Å². The molecule has 0 bridgehead atoms. The predicted molar refractivity (Wildman–Crippen MR) is 81.7 cm³/mol. The molecular formula is C16H19N3O. The molecule has 0 spiro atoms. The quantitative estimate of drug-likeness (QED) is 0.875. The number of nitrogens with zero attached hydrogens (tertiary/aromatic N) is 1. The molecule has 2 aromatic rings. The third-order valence-electron chi connectivity index (χ3n) is 3.10. The van der Waals surface area contributed by atoms with E-state index >= 15 is 0 Å². The van der Waals surface area contributed by atoms with Crippen LogP contribution in [0.5, 0.6) is 0 Å². The summed E-state index contributed by atoms with van der Waals surface area (Å²) < 4.78 is 0. The van der Waals surface area contributed by atoms with Gasteiger partial charge in [0.1, 0.15) is 0 Å². The zero-order valence-electron chi connectivity index (χ0n) is 11.8. The van der Waals surface area contributed by atoms with Gasteiger partial charge in [-0.25, -0.2) is 0 Å². The van der Waals surface area contributed by atoms with Crippen LogP contribution in [0.4, 0.5) is 11.4 Å². The summed E-state index contributed by atoms with van der Waals surface area (Å²) in [5.74, 6) is 0.0188. The van der Waals surface area contributed by atoms with E-state index in [0.29, 0.717) is 13.0 Å². The van der Waals surface area contributed by atoms with E-state index in [1.54, 1.807) is 6.20 Å². The van der Waals surface area contributed by atoms with Crippen molar-refractivity contribution < 1.29 is 4.79 Å². The molecule has 0 aliphatic rings. The Morgan fingerprint density at radius 2 is 2.05 bits per heavy atom. The maximum atomic E-state index is 11.4. The summed E-state index contributed by atoms with van der Waals surface area (Å²) in [6.07, 6.45) is 4.14. The van der Waals surface area contributed by atoms with E-state index in [-0.39, 0.29) is 5.91 Å². The third kappa shape index (κ3) is 3.82. The first kappa shape index (κ1) is 14.1. The van der Waals surface area contributed by atoms with Crippen molar-refractivity contribution in [3.63, 3.8) is 0 Å². The summed E-state index contributed by atoms with van der Waals surface area (Å²) in [4.78, 5) is 15.5. The van der Waals surface area contributed by atoms with Gasteiger partial charge in [0.2, 0.25) is 5.91 Å². The molecule has 0 aliphatic carbocycles. The number of carbonyl (C=O) groups excluding carboxylic acids is 1. The summed E-state index contributed by atoms with van der Waals surface area (Å²) in [7, 11) is 0. The average molecular weight is 269 g/mol. The molecule has 1 amide bonds. The van der Waals surface area contributed by atoms with Gasteiger partial charge in [-0.05, 0) is 42.3 Å². The number of carbonyl (C=O) groups is 1. The number of hydrogen-bond acceptors (Lipinski definition) is 3. The highest BCUT2D eigenvalue weighted by Crippen LogP contribution is 2.16. The molecule has 0 saturated carbocycles. The van der Waals surface area contributed by atoms with Crippen LogP contribution in [0.3, 0.4) is 0 Å². The van der Waals surface area contributed by atoms with Crippen molar-refractivity contribution >= 4 is 17.3 Å². The Morgan fingerprint density at radius 1 is 1.25 bits per heavy atom. The van der Waals surface area contributed by atoms with Crippen molar-refractivity contribution in [3.8, 4) is 0 Å². The molecule has 0 fully saturated rings. The highest BCUT2D eigenvalue weighted by molar-refractivity contribution is 5.90. The summed E-state index contributed by atoms with van der Waals surface area (Å²) >= 11 is 0. The number of rotatable bonds is 5. The molecule has 1 aromatic heterocycles. The van der Waals surface area contributed by atoms with Gasteiger partial charge in [0.05, 0.1) is 0 Å². The second kappa shape index (κ2) is 6.70. The Hall–Kier alpha value is -2.36. The van der Waals surface area contributed by atoms with Crippen LogP contribution in [0, 0.1) is 6.92 Å². The summed E-state index contributed by atoms with van der Waals surface area (Å²) in [5, 5.41) is 6.19. The van der Waals surface area contributed by atoms with Crippen LogP contribution in [-0.4, -0.2) is 10.9 Å². The number of amides is 1. The normalized spacial score (nSPS) is 10.1. The highest BCUT2D eigenvalue weighted by atomic mass is 16.1. The molecule has 4 heteroatoms. The van der Waals surface area contributed by atoms with Crippen molar-refractivity contribution in [3.05, 3.63) is 53.9 Å². The van der Waals surface area contributed by atoms with Crippen molar-refractivity contribution in [2.75, 3.05) is 10.6 Å². The number of benzene rings is 1. The zero-order valence-corrected chi connectivity index (χ0v) is 11.8. The number of anilines is 2. The molecular weight excluding hydrogens is 250 g/mol. The first-order valence-corrected chi connectivity index (χ1v) is 6.72. The Bertz CT molecular complexity index is 596. The fourth-order valence-corrected chi connectivity index (χ4v) is 1.84. The number of aromatic nitrogens is 1. The van der Waals surface area contributed by atoms with E-state index in [4.69, 9.17) is 0 Å². The minimum Gasteiger partial charge on any atom is -0.381 e. The number of nitrogens with one attached hydrogen (secondary N) is 2. The van der Waals surface area contributed by atoms with Crippen LogP contribution < -0.4 is 10.6 Å². The third-order valence-corrected chi connectivity index (χ3v) is 3.10. The van der Waals surface area contributed by atoms with Gasteiger partial charge in [0, 0.05) is 36.7 Å². The molecule has 0 saturated heterocycles. The van der Waals surface area contributed by atoms with Crippen LogP contribution in [0.25, 0.3) is 0 Å². The smallest absolute Gasteiger partial charge is 0.224 e. The van der Waals surface area contributed by atoms with Crippen LogP contribution >= 0.6 is 0 Å². The van der Waals surface area contributed by atoms with Crippen LogP contribution in [0.1, 0.15) is 24.5 Å². The lowest BCUT2D eigenvalue weighted by Gasteiger charge is -2.10. The van der Waals surface area contributed by atoms with Crippen molar-refractivity contribution in [2.24, 2.45) is 0 Å². The zero-order chi connectivity index (χ0) is 14.4. The van der Waals surface area contributed by atoms with E-state index in [9.17, 15) is 4.79 Å². The first-order valence-electron chi connectivity index (χ1n) is 6.72. The molecule has 4 nitrogen and oxygen atoms in total. The predicted octanol–water partition coefficient (Wildman–Crippen LogP) is 3.35. The highest BCUT2D eigenvalue weighted by Gasteiger charge is 2.01. The average Bonchev–Trinajstić information content (AvgIpc) is 2.47. The van der Waals surface area contributed by atoms with Crippen LogP contribution in [0.2, 0.25) is 0 Å². The Balaban J connectivity index is 2.01. The van der Waals surface area contributed by atoms with Gasteiger partial charge in [-0.15, -0.1) is 0 Å². The molecule has 1 aromatic carbocycles. The lowest BCUT2D eigenvalue weighted by Crippen LogP contribution is -2.09. The second-order valence-electron chi connectivity index (χ2n) is 4.64. The lowest BCUT2D eigenvalue weighted by atomic mass is 10.1. The first-order chi connectivity index (χ1) is 9.69. The molecule has 104 valence electrons. The number of aryl methyl sites for hydroxylation is 1. The van der Waals surface area contributed by atoms with E-state index in [2.05, 4.69) is 22.5 Å². The summed E-state index contributed by atoms with van der Waals surface area (Å²) in [5.41, 5.74) is 4.16. The SMILES string of the molecule is CCC(=O)Nc1cccc(NCc2cnccc2C)c1. The van der Waals surface area contributed by atoms with E-state index < -0.39 is 0 Å². The fourth-order valence-electron chi connectivity index (χ4n) is 1.84. The van der Waals surface area contributed by atoms with E-state index in [1.807, 2.05) is 43.5 Å². The van der Waals surface area contributed by atoms with Gasteiger partial charge in [-0.1, -0.05) is 13.0 Å². The lowest BCUT2D eigenvalue weighted by molar-refractivity contribution is -0.115.